The molecular weight excluding hydrogens is 226 g/mol. The van der Waals surface area contributed by atoms with Gasteiger partial charge in [-0.15, -0.1) is 0 Å². The molecule has 0 unspecified atom stereocenters. The topological polar surface area (TPSA) is 84.7 Å². The number of carboxylic acid groups (broad SMARTS) is 1. The number of methoxy groups -OCH3 is 1. The third-order valence-corrected chi connectivity index (χ3v) is 2.13. The van der Waals surface area contributed by atoms with Crippen molar-refractivity contribution in [3.63, 3.8) is 0 Å². The molecule has 0 aliphatic rings. The zero-order valence-corrected chi connectivity index (χ0v) is 9.79. The highest BCUT2D eigenvalue weighted by Gasteiger charge is 2.19. The second-order valence-electron chi connectivity index (χ2n) is 3.52. The molecular formula is C10H15N3O4. The van der Waals surface area contributed by atoms with Gasteiger partial charge in [-0.25, -0.2) is 0 Å². The molecule has 1 heterocycles. The van der Waals surface area contributed by atoms with Crippen molar-refractivity contribution >= 4 is 11.9 Å². The van der Waals surface area contributed by atoms with Crippen LogP contribution in [0.4, 0.5) is 0 Å². The normalized spacial score (nSPS) is 10.2. The molecule has 7 heteroatoms. The Morgan fingerprint density at radius 3 is 2.76 bits per heavy atom. The zero-order valence-electron chi connectivity index (χ0n) is 9.79. The molecule has 1 aromatic heterocycles. The van der Waals surface area contributed by atoms with Crippen LogP contribution in [0.15, 0.2) is 12.4 Å². The Morgan fingerprint density at radius 1 is 1.59 bits per heavy atom. The molecule has 17 heavy (non-hydrogen) atoms. The summed E-state index contributed by atoms with van der Waals surface area (Å²) in [4.78, 5) is 23.8. The van der Waals surface area contributed by atoms with E-state index in [9.17, 15) is 9.59 Å². The number of hydrogen-bond donors (Lipinski definition) is 1. The summed E-state index contributed by atoms with van der Waals surface area (Å²) in [5.41, 5.74) is 0.366. The Labute approximate surface area is 98.6 Å². The van der Waals surface area contributed by atoms with Gasteiger partial charge in [0.2, 0.25) is 0 Å². The first-order chi connectivity index (χ1) is 8.04. The standard InChI is InChI=1S/C10H15N3O4/c1-12-6-8(5-11-12)10(16)13(3-4-17-2)7-9(14)15/h5-6H,3-4,7H2,1-2H3,(H,14,15). The molecule has 0 saturated carbocycles. The number of carboxylic acids is 1. The summed E-state index contributed by atoms with van der Waals surface area (Å²) >= 11 is 0. The van der Waals surface area contributed by atoms with Crippen LogP contribution < -0.4 is 0 Å². The molecule has 0 aromatic carbocycles. The minimum atomic E-state index is -1.06. The van der Waals surface area contributed by atoms with Gasteiger partial charge in [0.25, 0.3) is 5.91 Å². The number of carbonyl (C=O) groups is 2. The van der Waals surface area contributed by atoms with E-state index in [0.29, 0.717) is 12.2 Å². The Kier molecular flexibility index (Phi) is 4.65. The summed E-state index contributed by atoms with van der Waals surface area (Å²) in [6.45, 7) is 0.174. The van der Waals surface area contributed by atoms with Crippen LogP contribution in [0.1, 0.15) is 10.4 Å². The molecule has 0 fully saturated rings. The zero-order chi connectivity index (χ0) is 12.8. The smallest absolute Gasteiger partial charge is 0.323 e. The Balaban J connectivity index is 2.74. The Morgan fingerprint density at radius 2 is 2.29 bits per heavy atom. The van der Waals surface area contributed by atoms with Crippen LogP contribution in [0.3, 0.4) is 0 Å². The van der Waals surface area contributed by atoms with Gasteiger partial charge in [-0.3, -0.25) is 14.3 Å². The minimum Gasteiger partial charge on any atom is -0.480 e. The van der Waals surface area contributed by atoms with Gasteiger partial charge in [0.15, 0.2) is 0 Å². The van der Waals surface area contributed by atoms with Gasteiger partial charge in [0.05, 0.1) is 18.4 Å². The van der Waals surface area contributed by atoms with Crippen LogP contribution in [0.25, 0.3) is 0 Å². The van der Waals surface area contributed by atoms with Gasteiger partial charge in [-0.2, -0.15) is 5.10 Å². The summed E-state index contributed by atoms with van der Waals surface area (Å²) in [7, 11) is 3.18. The van der Waals surface area contributed by atoms with Gasteiger partial charge in [-0.05, 0) is 0 Å². The lowest BCUT2D eigenvalue weighted by Gasteiger charge is -2.19. The summed E-state index contributed by atoms with van der Waals surface area (Å²) in [6, 6.07) is 0. The molecule has 0 saturated heterocycles. The number of rotatable bonds is 6. The fraction of sp³-hybridized carbons (Fsp3) is 0.500. The van der Waals surface area contributed by atoms with Gasteiger partial charge < -0.3 is 14.7 Å². The van der Waals surface area contributed by atoms with Crippen molar-refractivity contribution in [2.45, 2.75) is 0 Å². The van der Waals surface area contributed by atoms with Crippen LogP contribution in [-0.2, 0) is 16.6 Å². The largest absolute Gasteiger partial charge is 0.480 e. The van der Waals surface area contributed by atoms with Crippen LogP contribution in [0.5, 0.6) is 0 Å². The van der Waals surface area contributed by atoms with E-state index in [1.807, 2.05) is 0 Å². The SMILES string of the molecule is COCCN(CC(=O)O)C(=O)c1cnn(C)c1. The Hall–Kier alpha value is -1.89. The summed E-state index contributed by atoms with van der Waals surface area (Å²) in [5, 5.41) is 12.6. The number of aromatic nitrogens is 2. The van der Waals surface area contributed by atoms with E-state index in [4.69, 9.17) is 9.84 Å². The van der Waals surface area contributed by atoms with Gasteiger partial charge in [-0.1, -0.05) is 0 Å². The second-order valence-corrected chi connectivity index (χ2v) is 3.52. The maximum absolute atomic E-state index is 12.0. The van der Waals surface area contributed by atoms with Crippen molar-refractivity contribution in [1.82, 2.24) is 14.7 Å². The molecule has 0 aliphatic carbocycles. The van der Waals surface area contributed by atoms with E-state index in [0.717, 1.165) is 0 Å². The van der Waals surface area contributed by atoms with Crippen molar-refractivity contribution in [2.75, 3.05) is 26.8 Å². The number of hydrogen-bond acceptors (Lipinski definition) is 4. The number of ether oxygens (including phenoxy) is 1. The molecule has 0 atom stereocenters. The van der Waals surface area contributed by atoms with Crippen molar-refractivity contribution in [3.05, 3.63) is 18.0 Å². The molecule has 1 N–H and O–H groups in total. The summed E-state index contributed by atoms with van der Waals surface area (Å²) in [6.07, 6.45) is 2.95. The highest BCUT2D eigenvalue weighted by atomic mass is 16.5. The van der Waals surface area contributed by atoms with E-state index >= 15 is 0 Å². The first kappa shape index (κ1) is 13.2. The molecule has 0 aliphatic heterocycles. The number of carbonyl (C=O) groups excluding carboxylic acids is 1. The summed E-state index contributed by atoms with van der Waals surface area (Å²) < 4.78 is 6.33. The lowest BCUT2D eigenvalue weighted by Crippen LogP contribution is -2.37. The third-order valence-electron chi connectivity index (χ3n) is 2.13. The molecule has 1 rings (SSSR count). The predicted molar refractivity (Wildman–Crippen MR) is 58.6 cm³/mol. The van der Waals surface area contributed by atoms with Crippen LogP contribution in [-0.4, -0.2) is 58.5 Å². The molecule has 0 radical (unpaired) electrons. The van der Waals surface area contributed by atoms with Crippen molar-refractivity contribution < 1.29 is 19.4 Å². The van der Waals surface area contributed by atoms with E-state index in [2.05, 4.69) is 5.10 Å². The fourth-order valence-electron chi connectivity index (χ4n) is 1.33. The summed E-state index contributed by atoms with van der Waals surface area (Å²) in [5.74, 6) is -1.42. The third kappa shape index (κ3) is 3.87. The lowest BCUT2D eigenvalue weighted by molar-refractivity contribution is -0.137. The van der Waals surface area contributed by atoms with Crippen LogP contribution >= 0.6 is 0 Å². The first-order valence-electron chi connectivity index (χ1n) is 5.03. The van der Waals surface area contributed by atoms with Crippen molar-refractivity contribution in [1.29, 1.82) is 0 Å². The molecule has 0 spiro atoms. The van der Waals surface area contributed by atoms with Gasteiger partial charge >= 0.3 is 5.97 Å². The highest BCUT2D eigenvalue weighted by Crippen LogP contribution is 2.03. The van der Waals surface area contributed by atoms with Crippen LogP contribution in [0, 0.1) is 0 Å². The quantitative estimate of drug-likeness (QED) is 0.732. The van der Waals surface area contributed by atoms with E-state index in [1.165, 1.54) is 22.9 Å². The molecule has 94 valence electrons. The van der Waals surface area contributed by atoms with Crippen molar-refractivity contribution in [3.8, 4) is 0 Å². The number of amides is 1. The Bertz CT molecular complexity index is 402. The average molecular weight is 241 g/mol. The number of aliphatic carboxylic acids is 1. The molecule has 7 nitrogen and oxygen atoms in total. The van der Waals surface area contributed by atoms with E-state index < -0.39 is 5.97 Å². The second kappa shape index (κ2) is 6.00. The number of aryl methyl sites for hydroxylation is 1. The monoisotopic (exact) mass is 241 g/mol. The molecule has 1 amide bonds. The lowest BCUT2D eigenvalue weighted by atomic mass is 10.3. The average Bonchev–Trinajstić information content (AvgIpc) is 2.69. The highest BCUT2D eigenvalue weighted by molar-refractivity contribution is 5.95. The maximum Gasteiger partial charge on any atom is 0.323 e. The van der Waals surface area contributed by atoms with E-state index in [-0.39, 0.29) is 19.0 Å². The van der Waals surface area contributed by atoms with Gasteiger partial charge in [0.1, 0.15) is 6.54 Å². The predicted octanol–water partition coefficient (Wildman–Crippen LogP) is -0.407. The number of nitrogens with zero attached hydrogens (tertiary/aromatic N) is 3. The molecule has 1 aromatic rings. The minimum absolute atomic E-state index is 0.233. The van der Waals surface area contributed by atoms with E-state index in [1.54, 1.807) is 13.2 Å². The molecule has 0 bridgehead atoms. The van der Waals surface area contributed by atoms with Crippen molar-refractivity contribution in [2.24, 2.45) is 7.05 Å². The van der Waals surface area contributed by atoms with Gasteiger partial charge in [0, 0.05) is 26.9 Å². The first-order valence-corrected chi connectivity index (χ1v) is 5.03. The fourth-order valence-corrected chi connectivity index (χ4v) is 1.33. The maximum atomic E-state index is 12.0. The van der Waals surface area contributed by atoms with Crippen LogP contribution in [0.2, 0.25) is 0 Å².